The molecule has 7 aromatic carbocycles. The largest absolute Gasteiger partial charge is 0.438 e. The van der Waals surface area contributed by atoms with Crippen LogP contribution in [-0.4, -0.2) is 4.98 Å². The summed E-state index contributed by atoms with van der Waals surface area (Å²) >= 11 is 0. The van der Waals surface area contributed by atoms with Gasteiger partial charge in [0.1, 0.15) is 5.58 Å². The molecule has 9 aromatic rings. The third kappa shape index (κ3) is 3.94. The minimum Gasteiger partial charge on any atom is -0.438 e. The summed E-state index contributed by atoms with van der Waals surface area (Å²) in [5.74, 6) is 0. The summed E-state index contributed by atoms with van der Waals surface area (Å²) in [5, 5.41) is 9.62. The predicted molar refractivity (Wildman–Crippen MR) is 184 cm³/mol. The fourth-order valence-electron chi connectivity index (χ4n) is 6.58. The van der Waals surface area contributed by atoms with E-state index in [4.69, 9.17) is 4.42 Å². The van der Waals surface area contributed by atoms with Gasteiger partial charge in [-0.15, -0.1) is 0 Å². The fourth-order valence-corrected chi connectivity index (χ4v) is 6.58. The predicted octanol–water partition coefficient (Wildman–Crippen LogP) is 11.6. The van der Waals surface area contributed by atoms with Gasteiger partial charge in [0.2, 0.25) is 5.71 Å². The van der Waals surface area contributed by atoms with E-state index in [-0.39, 0.29) is 0 Å². The van der Waals surface area contributed by atoms with Gasteiger partial charge in [0, 0.05) is 40.1 Å². The molecule has 0 saturated heterocycles. The average molecular weight is 563 g/mol. The highest BCUT2D eigenvalue weighted by Gasteiger charge is 2.17. The summed E-state index contributed by atoms with van der Waals surface area (Å²) in [4.78, 5) is 6.76. The molecule has 0 aliphatic carbocycles. The summed E-state index contributed by atoms with van der Waals surface area (Å²) in [6, 6.07) is 54.1. The Kier molecular flexibility index (Phi) is 5.50. The summed E-state index contributed by atoms with van der Waals surface area (Å²) in [7, 11) is 0. The van der Waals surface area contributed by atoms with E-state index in [1.165, 1.54) is 43.4 Å². The molecule has 0 atom stereocenters. The van der Waals surface area contributed by atoms with Crippen molar-refractivity contribution in [2.24, 2.45) is 0 Å². The van der Waals surface area contributed by atoms with E-state index < -0.39 is 0 Å². The van der Waals surface area contributed by atoms with Crippen LogP contribution >= 0.6 is 0 Å². The number of furan rings is 1. The molecule has 44 heavy (non-hydrogen) atoms. The highest BCUT2D eigenvalue weighted by Crippen LogP contribution is 2.41. The van der Waals surface area contributed by atoms with Crippen molar-refractivity contribution in [3.63, 3.8) is 0 Å². The van der Waals surface area contributed by atoms with E-state index in [9.17, 15) is 0 Å². The van der Waals surface area contributed by atoms with Crippen molar-refractivity contribution in [1.29, 1.82) is 0 Å². The van der Waals surface area contributed by atoms with Gasteiger partial charge >= 0.3 is 0 Å². The van der Waals surface area contributed by atoms with Gasteiger partial charge in [-0.1, -0.05) is 97.1 Å². The van der Waals surface area contributed by atoms with E-state index in [0.717, 1.165) is 33.4 Å². The van der Waals surface area contributed by atoms with Gasteiger partial charge in [0.25, 0.3) is 0 Å². The van der Waals surface area contributed by atoms with Crippen molar-refractivity contribution >= 4 is 71.4 Å². The van der Waals surface area contributed by atoms with E-state index in [1.807, 2.05) is 6.07 Å². The van der Waals surface area contributed by atoms with Gasteiger partial charge in [-0.3, -0.25) is 0 Å². The Morgan fingerprint density at radius 1 is 0.432 bits per heavy atom. The van der Waals surface area contributed by atoms with Gasteiger partial charge in [0.05, 0.1) is 0 Å². The summed E-state index contributed by atoms with van der Waals surface area (Å²) in [5.41, 5.74) is 7.04. The van der Waals surface area contributed by atoms with Crippen LogP contribution < -0.4 is 4.90 Å². The second-order valence-corrected chi connectivity index (χ2v) is 11.2. The van der Waals surface area contributed by atoms with Crippen molar-refractivity contribution in [1.82, 2.24) is 4.98 Å². The Balaban J connectivity index is 1.24. The maximum absolute atomic E-state index is 6.21. The zero-order valence-corrected chi connectivity index (χ0v) is 23.8. The first-order chi connectivity index (χ1) is 21.8. The number of hydrogen-bond acceptors (Lipinski definition) is 3. The molecule has 0 bridgehead atoms. The molecule has 0 fully saturated rings. The molecule has 0 aliphatic rings. The normalized spacial score (nSPS) is 11.6. The summed E-state index contributed by atoms with van der Waals surface area (Å²) in [6.45, 7) is 0. The molecule has 3 nitrogen and oxygen atoms in total. The van der Waals surface area contributed by atoms with E-state index in [2.05, 4.69) is 155 Å². The van der Waals surface area contributed by atoms with Crippen LogP contribution in [0.4, 0.5) is 17.1 Å². The first kappa shape index (κ1) is 24.6. The smallest absolute Gasteiger partial charge is 0.227 e. The lowest BCUT2D eigenvalue weighted by Gasteiger charge is -2.26. The Labute approximate surface area is 254 Å². The lowest BCUT2D eigenvalue weighted by molar-refractivity contribution is 0.654. The quantitative estimate of drug-likeness (QED) is 0.200. The van der Waals surface area contributed by atoms with E-state index in [0.29, 0.717) is 5.71 Å². The first-order valence-electron chi connectivity index (χ1n) is 14.9. The third-order valence-electron chi connectivity index (χ3n) is 8.69. The molecule has 3 heteroatoms. The zero-order valence-electron chi connectivity index (χ0n) is 23.8. The molecule has 0 saturated carbocycles. The molecular weight excluding hydrogens is 536 g/mol. The maximum atomic E-state index is 6.21. The Morgan fingerprint density at radius 2 is 1.07 bits per heavy atom. The van der Waals surface area contributed by atoms with Crippen molar-refractivity contribution < 1.29 is 4.42 Å². The second-order valence-electron chi connectivity index (χ2n) is 11.2. The number of fused-ring (bicyclic) bond motifs is 8. The number of rotatable bonds is 4. The van der Waals surface area contributed by atoms with Crippen LogP contribution in [0.1, 0.15) is 0 Å². The third-order valence-corrected chi connectivity index (χ3v) is 8.69. The van der Waals surface area contributed by atoms with Crippen LogP contribution in [0.25, 0.3) is 65.5 Å². The molecule has 0 amide bonds. The summed E-state index contributed by atoms with van der Waals surface area (Å²) < 4.78 is 6.21. The van der Waals surface area contributed by atoms with Gasteiger partial charge < -0.3 is 9.32 Å². The average Bonchev–Trinajstić information content (AvgIpc) is 3.47. The Morgan fingerprint density at radius 3 is 1.93 bits per heavy atom. The molecule has 0 spiro atoms. The molecule has 0 aliphatic heterocycles. The van der Waals surface area contributed by atoms with Crippen molar-refractivity contribution in [3.8, 4) is 11.1 Å². The van der Waals surface area contributed by atoms with Crippen LogP contribution in [0.3, 0.4) is 0 Å². The molecular formula is C41H26N2O. The molecule has 9 rings (SSSR count). The zero-order chi connectivity index (χ0) is 29.0. The highest BCUT2D eigenvalue weighted by molar-refractivity contribution is 6.20. The van der Waals surface area contributed by atoms with Crippen molar-refractivity contribution in [2.75, 3.05) is 4.90 Å². The molecule has 2 heterocycles. The number of anilines is 3. The monoisotopic (exact) mass is 562 g/mol. The van der Waals surface area contributed by atoms with Crippen LogP contribution in [0.5, 0.6) is 0 Å². The number of benzene rings is 7. The fraction of sp³-hybridized carbons (Fsp3) is 0. The van der Waals surface area contributed by atoms with Gasteiger partial charge in [0.15, 0.2) is 0 Å². The minimum atomic E-state index is 0.656. The van der Waals surface area contributed by atoms with Crippen LogP contribution in [0.15, 0.2) is 162 Å². The summed E-state index contributed by atoms with van der Waals surface area (Å²) in [6.07, 6.45) is 1.77. The lowest BCUT2D eigenvalue weighted by atomic mass is 9.96. The molecule has 206 valence electrons. The van der Waals surface area contributed by atoms with Gasteiger partial charge in [-0.05, 0) is 92.0 Å². The van der Waals surface area contributed by atoms with Crippen molar-refractivity contribution in [3.05, 3.63) is 158 Å². The molecule has 0 N–H and O–H groups in total. The Hall–Kier alpha value is -5.93. The highest BCUT2D eigenvalue weighted by atomic mass is 16.3. The lowest BCUT2D eigenvalue weighted by Crippen LogP contribution is -2.09. The molecule has 0 radical (unpaired) electrons. The standard InChI is InChI=1S/C41H26N2O/c1-2-7-27(8-3-1)28-16-18-32(19-17-28)43(34-21-23-37-38-11-6-24-42-41(38)44-39(37)26-34)33-20-22-36-31(25-33)15-14-30-13-12-29-9-4-5-10-35(29)40(30)36/h1-26H. The van der Waals surface area contributed by atoms with Gasteiger partial charge in [-0.2, -0.15) is 0 Å². The second kappa shape index (κ2) is 9.82. The van der Waals surface area contributed by atoms with E-state index >= 15 is 0 Å². The van der Waals surface area contributed by atoms with Crippen LogP contribution in [0.2, 0.25) is 0 Å². The minimum absolute atomic E-state index is 0.656. The van der Waals surface area contributed by atoms with E-state index in [1.54, 1.807) is 6.20 Å². The van der Waals surface area contributed by atoms with Gasteiger partial charge in [-0.25, -0.2) is 4.98 Å². The topological polar surface area (TPSA) is 29.3 Å². The first-order valence-corrected chi connectivity index (χ1v) is 14.9. The SMILES string of the molecule is c1ccc(-c2ccc(N(c3ccc4c(ccc5ccc6ccccc6c54)c3)c3ccc4c(c3)oc3ncccc34)cc2)cc1. The van der Waals surface area contributed by atoms with Crippen LogP contribution in [0, 0.1) is 0 Å². The number of aromatic nitrogens is 1. The maximum Gasteiger partial charge on any atom is 0.227 e. The number of nitrogens with zero attached hydrogens (tertiary/aromatic N) is 2. The molecule has 2 aromatic heterocycles. The Bertz CT molecular complexity index is 2490. The molecule has 0 unspecified atom stereocenters. The van der Waals surface area contributed by atoms with Crippen molar-refractivity contribution in [2.45, 2.75) is 0 Å². The van der Waals surface area contributed by atoms with Crippen LogP contribution in [-0.2, 0) is 0 Å². The number of pyridine rings is 1. The number of hydrogen-bond donors (Lipinski definition) is 0.